The smallest absolute Gasteiger partial charge is 0.263 e. The largest absolute Gasteiger partial charge is 0.497 e. The van der Waals surface area contributed by atoms with Gasteiger partial charge >= 0.3 is 0 Å². The number of rotatable bonds is 8. The molecular weight excluding hydrogens is 468 g/mol. The van der Waals surface area contributed by atoms with E-state index >= 15 is 0 Å². The Kier molecular flexibility index (Phi) is 7.62. The zero-order chi connectivity index (χ0) is 24.9. The lowest BCUT2D eigenvalue weighted by molar-refractivity contribution is -0.132. The molecule has 2 heterocycles. The molecule has 35 heavy (non-hydrogen) atoms. The molecule has 1 atom stereocenters. The number of ether oxygens (including phenoxy) is 2. The molecule has 4 rings (SSSR count). The van der Waals surface area contributed by atoms with Crippen molar-refractivity contribution in [2.75, 3.05) is 38.0 Å². The van der Waals surface area contributed by atoms with Crippen molar-refractivity contribution in [2.24, 2.45) is 7.05 Å². The van der Waals surface area contributed by atoms with E-state index in [9.17, 15) is 9.59 Å². The number of nitrogens with one attached hydrogen (secondary N) is 1. The second-order valence-electron chi connectivity index (χ2n) is 7.81. The van der Waals surface area contributed by atoms with Gasteiger partial charge in [0, 0.05) is 23.7 Å². The summed E-state index contributed by atoms with van der Waals surface area (Å²) in [5, 5.41) is 4.50. The van der Waals surface area contributed by atoms with Gasteiger partial charge in [-0.1, -0.05) is 30.3 Å². The number of aromatic nitrogens is 2. The summed E-state index contributed by atoms with van der Waals surface area (Å²) < 4.78 is 12.8. The number of carbonyl (C=O) groups is 2. The molecule has 9 nitrogen and oxygen atoms in total. The van der Waals surface area contributed by atoms with Crippen LogP contribution in [0.5, 0.6) is 11.5 Å². The predicted molar refractivity (Wildman–Crippen MR) is 135 cm³/mol. The first kappa shape index (κ1) is 24.6. The number of amides is 2. The molecule has 1 aromatic heterocycles. The highest BCUT2D eigenvalue weighted by Gasteiger charge is 2.37. The lowest BCUT2D eigenvalue weighted by Gasteiger charge is -2.22. The molecule has 1 N–H and O–H groups in total. The SMILES string of the molecule is CCONC(=O)CN1C(=O)CSC(c2cc(OC)ccc2OC)c2c(-c3ccccc3)nn(C)c21. The molecule has 1 aliphatic heterocycles. The van der Waals surface area contributed by atoms with Crippen molar-refractivity contribution in [3.8, 4) is 22.8 Å². The van der Waals surface area contributed by atoms with Crippen LogP contribution < -0.4 is 19.9 Å². The standard InChI is InChI=1S/C25H28N4O5S/c1-5-34-27-20(30)14-29-21(31)15-35-24(18-13-17(32-3)11-12-19(18)33-4)22-23(26-28(2)25(22)29)16-9-7-6-8-10-16/h6-13,24H,5,14-15H2,1-4H3,(H,27,30). The number of thioether (sulfide) groups is 1. The fourth-order valence-electron chi connectivity index (χ4n) is 4.12. The van der Waals surface area contributed by atoms with Crippen LogP contribution in [0.2, 0.25) is 0 Å². The van der Waals surface area contributed by atoms with E-state index in [0.29, 0.717) is 23.9 Å². The van der Waals surface area contributed by atoms with E-state index in [1.54, 1.807) is 32.9 Å². The molecule has 1 unspecified atom stereocenters. The molecule has 2 aromatic carbocycles. The number of hydroxylamine groups is 1. The zero-order valence-electron chi connectivity index (χ0n) is 20.1. The molecule has 10 heteroatoms. The molecule has 0 bridgehead atoms. The maximum absolute atomic E-state index is 13.3. The van der Waals surface area contributed by atoms with Crippen LogP contribution in [0.3, 0.4) is 0 Å². The topological polar surface area (TPSA) is 94.9 Å². The van der Waals surface area contributed by atoms with Gasteiger partial charge in [-0.15, -0.1) is 11.8 Å². The number of methoxy groups -OCH3 is 2. The van der Waals surface area contributed by atoms with Gasteiger partial charge in [-0.2, -0.15) is 5.10 Å². The van der Waals surface area contributed by atoms with E-state index in [2.05, 4.69) is 5.48 Å². The van der Waals surface area contributed by atoms with Crippen LogP contribution in [0.15, 0.2) is 48.5 Å². The second kappa shape index (κ2) is 10.8. The van der Waals surface area contributed by atoms with Crippen molar-refractivity contribution in [3.05, 3.63) is 59.7 Å². The van der Waals surface area contributed by atoms with E-state index in [1.807, 2.05) is 48.5 Å². The second-order valence-corrected chi connectivity index (χ2v) is 8.91. The lowest BCUT2D eigenvalue weighted by Crippen LogP contribution is -2.42. The number of carbonyl (C=O) groups excluding carboxylic acids is 2. The van der Waals surface area contributed by atoms with Gasteiger partial charge in [-0.25, -0.2) is 5.48 Å². The Bertz CT molecular complexity index is 1210. The molecule has 0 saturated carbocycles. The lowest BCUT2D eigenvalue weighted by atomic mass is 9.98. The third kappa shape index (κ3) is 4.98. The Balaban J connectivity index is 1.92. The average molecular weight is 497 g/mol. The van der Waals surface area contributed by atoms with Gasteiger partial charge in [0.2, 0.25) is 5.91 Å². The average Bonchev–Trinajstić information content (AvgIpc) is 3.15. The summed E-state index contributed by atoms with van der Waals surface area (Å²) in [6, 6.07) is 15.4. The molecule has 184 valence electrons. The van der Waals surface area contributed by atoms with Gasteiger partial charge in [0.25, 0.3) is 5.91 Å². The Morgan fingerprint density at radius 2 is 1.94 bits per heavy atom. The summed E-state index contributed by atoms with van der Waals surface area (Å²) in [6.45, 7) is 1.90. The normalized spacial score (nSPS) is 15.4. The number of hydrogen-bond acceptors (Lipinski definition) is 7. The maximum Gasteiger partial charge on any atom is 0.263 e. The van der Waals surface area contributed by atoms with Crippen LogP contribution in [0.1, 0.15) is 23.3 Å². The number of nitrogens with zero attached hydrogens (tertiary/aromatic N) is 3. The number of benzene rings is 2. The molecule has 0 fully saturated rings. The monoisotopic (exact) mass is 496 g/mol. The third-order valence-electron chi connectivity index (χ3n) is 5.64. The molecular formula is C25H28N4O5S. The fraction of sp³-hybridized carbons (Fsp3) is 0.320. The van der Waals surface area contributed by atoms with Crippen LogP contribution in [-0.4, -0.2) is 54.7 Å². The van der Waals surface area contributed by atoms with Gasteiger partial charge in [0.05, 0.1) is 37.5 Å². The highest BCUT2D eigenvalue weighted by Crippen LogP contribution is 2.50. The summed E-state index contributed by atoms with van der Waals surface area (Å²) in [5.41, 5.74) is 5.70. The zero-order valence-corrected chi connectivity index (χ0v) is 20.9. The fourth-order valence-corrected chi connectivity index (χ4v) is 5.33. The van der Waals surface area contributed by atoms with Crippen molar-refractivity contribution < 1.29 is 23.9 Å². The molecule has 0 aliphatic carbocycles. The Morgan fingerprint density at radius 3 is 2.63 bits per heavy atom. The summed E-state index contributed by atoms with van der Waals surface area (Å²) in [6.07, 6.45) is 0. The molecule has 0 radical (unpaired) electrons. The van der Waals surface area contributed by atoms with E-state index in [4.69, 9.17) is 19.4 Å². The van der Waals surface area contributed by atoms with Crippen molar-refractivity contribution in [2.45, 2.75) is 12.2 Å². The molecule has 0 saturated heterocycles. The quantitative estimate of drug-likeness (QED) is 0.478. The van der Waals surface area contributed by atoms with Crippen LogP contribution in [-0.2, 0) is 21.5 Å². The van der Waals surface area contributed by atoms with Gasteiger partial charge in [0.15, 0.2) is 0 Å². The number of aryl methyl sites for hydroxylation is 1. The molecule has 1 aliphatic rings. The first-order chi connectivity index (χ1) is 17.0. The van der Waals surface area contributed by atoms with Crippen LogP contribution in [0.25, 0.3) is 11.3 Å². The Morgan fingerprint density at radius 1 is 1.17 bits per heavy atom. The summed E-state index contributed by atoms with van der Waals surface area (Å²) in [4.78, 5) is 32.4. The minimum absolute atomic E-state index is 0.163. The molecule has 0 spiro atoms. The first-order valence-corrected chi connectivity index (χ1v) is 12.2. The summed E-state index contributed by atoms with van der Waals surface area (Å²) >= 11 is 1.46. The van der Waals surface area contributed by atoms with E-state index < -0.39 is 5.91 Å². The molecule has 2 amide bonds. The van der Waals surface area contributed by atoms with Crippen LogP contribution in [0, 0.1) is 0 Å². The third-order valence-corrected chi connectivity index (χ3v) is 6.88. The van der Waals surface area contributed by atoms with Gasteiger partial charge in [-0.05, 0) is 25.1 Å². The number of fused-ring (bicyclic) bond motifs is 1. The highest BCUT2D eigenvalue weighted by molar-refractivity contribution is 8.00. The van der Waals surface area contributed by atoms with Crippen LogP contribution in [0.4, 0.5) is 5.82 Å². The van der Waals surface area contributed by atoms with Crippen molar-refractivity contribution in [1.82, 2.24) is 15.3 Å². The Hall–Kier alpha value is -3.50. The maximum atomic E-state index is 13.3. The highest BCUT2D eigenvalue weighted by atomic mass is 32.2. The number of hydrogen-bond donors (Lipinski definition) is 1. The van der Waals surface area contributed by atoms with Crippen molar-refractivity contribution >= 4 is 29.4 Å². The van der Waals surface area contributed by atoms with E-state index in [-0.39, 0.29) is 23.5 Å². The van der Waals surface area contributed by atoms with Crippen molar-refractivity contribution in [1.29, 1.82) is 0 Å². The summed E-state index contributed by atoms with van der Waals surface area (Å²) in [7, 11) is 5.01. The number of anilines is 1. The summed E-state index contributed by atoms with van der Waals surface area (Å²) in [5.74, 6) is 1.45. The van der Waals surface area contributed by atoms with Gasteiger partial charge in [-0.3, -0.25) is 24.0 Å². The minimum Gasteiger partial charge on any atom is -0.497 e. The van der Waals surface area contributed by atoms with E-state index in [0.717, 1.165) is 22.4 Å². The molecule has 3 aromatic rings. The Labute approximate surface area is 208 Å². The van der Waals surface area contributed by atoms with Gasteiger partial charge in [0.1, 0.15) is 23.9 Å². The van der Waals surface area contributed by atoms with Crippen LogP contribution >= 0.6 is 11.8 Å². The predicted octanol–water partition coefficient (Wildman–Crippen LogP) is 3.34. The minimum atomic E-state index is -0.420. The van der Waals surface area contributed by atoms with Gasteiger partial charge < -0.3 is 9.47 Å². The van der Waals surface area contributed by atoms with Crippen molar-refractivity contribution in [3.63, 3.8) is 0 Å². The first-order valence-electron chi connectivity index (χ1n) is 11.1. The van der Waals surface area contributed by atoms with E-state index in [1.165, 1.54) is 16.7 Å².